The molecule has 0 fully saturated rings. The van der Waals surface area contributed by atoms with Crippen molar-refractivity contribution in [3.05, 3.63) is 35.4 Å². The van der Waals surface area contributed by atoms with Crippen LogP contribution in [0.25, 0.3) is 0 Å². The zero-order valence-electron chi connectivity index (χ0n) is 8.89. The molecular weight excluding hydrogens is 177 g/mol. The summed E-state index contributed by atoms with van der Waals surface area (Å²) in [7, 11) is 0. The van der Waals surface area contributed by atoms with Crippen LogP contribution in [0.5, 0.6) is 0 Å². The first-order chi connectivity index (χ1) is 6.51. The van der Waals surface area contributed by atoms with Crippen LogP contribution in [-0.2, 0) is 12.8 Å². The van der Waals surface area contributed by atoms with Crippen LogP contribution in [0.4, 0.5) is 4.39 Å². The van der Waals surface area contributed by atoms with E-state index in [1.54, 1.807) is 13.8 Å². The van der Waals surface area contributed by atoms with E-state index in [1.165, 1.54) is 5.56 Å². The quantitative estimate of drug-likeness (QED) is 0.784. The van der Waals surface area contributed by atoms with Crippen molar-refractivity contribution >= 4 is 0 Å². The number of benzene rings is 1. The number of alkyl halides is 1. The second-order valence-electron chi connectivity index (χ2n) is 4.25. The molecule has 0 spiro atoms. The van der Waals surface area contributed by atoms with Crippen molar-refractivity contribution in [2.75, 3.05) is 6.54 Å². The van der Waals surface area contributed by atoms with E-state index in [1.807, 2.05) is 24.3 Å². The number of hydrogen-bond acceptors (Lipinski definition) is 1. The number of rotatable bonds is 4. The van der Waals surface area contributed by atoms with Gasteiger partial charge in [0.2, 0.25) is 0 Å². The summed E-state index contributed by atoms with van der Waals surface area (Å²) < 4.78 is 13.3. The van der Waals surface area contributed by atoms with E-state index in [9.17, 15) is 4.39 Å². The molecule has 14 heavy (non-hydrogen) atoms. The average molecular weight is 195 g/mol. The smallest absolute Gasteiger partial charge is 0.109 e. The van der Waals surface area contributed by atoms with Crippen molar-refractivity contribution in [3.8, 4) is 0 Å². The minimum atomic E-state index is -1.13. The summed E-state index contributed by atoms with van der Waals surface area (Å²) in [6.45, 7) is 3.86. The van der Waals surface area contributed by atoms with Gasteiger partial charge in [0, 0.05) is 6.42 Å². The minimum Gasteiger partial charge on any atom is -0.330 e. The van der Waals surface area contributed by atoms with Gasteiger partial charge in [-0.15, -0.1) is 0 Å². The third-order valence-electron chi connectivity index (χ3n) is 2.08. The predicted molar refractivity (Wildman–Crippen MR) is 58.1 cm³/mol. The standard InChI is InChI=1S/C12H18FN/c1-12(2,13)9-11-5-3-10(4-6-11)7-8-14/h3-6H,7-9,14H2,1-2H3. The van der Waals surface area contributed by atoms with Crippen LogP contribution in [0.15, 0.2) is 24.3 Å². The highest BCUT2D eigenvalue weighted by molar-refractivity contribution is 5.23. The first-order valence-corrected chi connectivity index (χ1v) is 4.98. The fourth-order valence-electron chi connectivity index (χ4n) is 1.48. The molecule has 0 aliphatic rings. The normalized spacial score (nSPS) is 11.7. The molecule has 1 rings (SSSR count). The summed E-state index contributed by atoms with van der Waals surface area (Å²) in [6, 6.07) is 8.00. The maximum atomic E-state index is 13.3. The van der Waals surface area contributed by atoms with E-state index < -0.39 is 5.67 Å². The molecule has 0 heterocycles. The predicted octanol–water partition coefficient (Wildman–Crippen LogP) is 2.48. The molecule has 0 unspecified atom stereocenters. The van der Waals surface area contributed by atoms with E-state index in [0.29, 0.717) is 13.0 Å². The zero-order valence-corrected chi connectivity index (χ0v) is 8.89. The molecule has 1 nitrogen and oxygen atoms in total. The monoisotopic (exact) mass is 195 g/mol. The Bertz CT molecular complexity index is 271. The SMILES string of the molecule is CC(C)(F)Cc1ccc(CCN)cc1. The van der Waals surface area contributed by atoms with Gasteiger partial charge in [-0.25, -0.2) is 4.39 Å². The lowest BCUT2D eigenvalue weighted by Gasteiger charge is -2.13. The molecule has 0 radical (unpaired) electrons. The van der Waals surface area contributed by atoms with Crippen LogP contribution in [0.2, 0.25) is 0 Å². The first kappa shape index (κ1) is 11.2. The zero-order chi connectivity index (χ0) is 10.6. The maximum absolute atomic E-state index is 13.3. The van der Waals surface area contributed by atoms with Crippen LogP contribution in [0.1, 0.15) is 25.0 Å². The van der Waals surface area contributed by atoms with Crippen LogP contribution in [0, 0.1) is 0 Å². The summed E-state index contributed by atoms with van der Waals surface area (Å²) in [5.41, 5.74) is 6.57. The van der Waals surface area contributed by atoms with Crippen molar-refractivity contribution < 1.29 is 4.39 Å². The number of nitrogens with two attached hydrogens (primary N) is 1. The van der Waals surface area contributed by atoms with E-state index in [4.69, 9.17) is 5.73 Å². The molecule has 0 aromatic heterocycles. The molecule has 0 atom stereocenters. The van der Waals surface area contributed by atoms with Gasteiger partial charge in [0.25, 0.3) is 0 Å². The van der Waals surface area contributed by atoms with Gasteiger partial charge in [0.15, 0.2) is 0 Å². The summed E-state index contributed by atoms with van der Waals surface area (Å²) in [5, 5.41) is 0. The van der Waals surface area contributed by atoms with Crippen molar-refractivity contribution in [1.82, 2.24) is 0 Å². The fourth-order valence-corrected chi connectivity index (χ4v) is 1.48. The molecule has 2 heteroatoms. The van der Waals surface area contributed by atoms with Crippen LogP contribution in [0.3, 0.4) is 0 Å². The summed E-state index contributed by atoms with van der Waals surface area (Å²) in [6.07, 6.45) is 1.36. The Hall–Kier alpha value is -0.890. The lowest BCUT2D eigenvalue weighted by Crippen LogP contribution is -2.15. The third kappa shape index (κ3) is 3.88. The Kier molecular flexibility index (Phi) is 3.64. The van der Waals surface area contributed by atoms with Gasteiger partial charge in [0.1, 0.15) is 5.67 Å². The average Bonchev–Trinajstić information content (AvgIpc) is 2.06. The van der Waals surface area contributed by atoms with Crippen LogP contribution < -0.4 is 5.73 Å². The van der Waals surface area contributed by atoms with Gasteiger partial charge < -0.3 is 5.73 Å². The Morgan fingerprint density at radius 1 is 1.14 bits per heavy atom. The van der Waals surface area contributed by atoms with Gasteiger partial charge >= 0.3 is 0 Å². The minimum absolute atomic E-state index is 0.468. The third-order valence-corrected chi connectivity index (χ3v) is 2.08. The van der Waals surface area contributed by atoms with Crippen molar-refractivity contribution in [3.63, 3.8) is 0 Å². The summed E-state index contributed by atoms with van der Waals surface area (Å²) >= 11 is 0. The molecule has 1 aromatic carbocycles. The van der Waals surface area contributed by atoms with E-state index in [-0.39, 0.29) is 0 Å². The molecule has 0 amide bonds. The number of hydrogen-bond donors (Lipinski definition) is 1. The Labute approximate surface area is 85.1 Å². The Morgan fingerprint density at radius 3 is 2.07 bits per heavy atom. The molecule has 0 saturated heterocycles. The van der Waals surface area contributed by atoms with Gasteiger partial charge in [-0.1, -0.05) is 24.3 Å². The lowest BCUT2D eigenvalue weighted by molar-refractivity contribution is 0.217. The summed E-state index contributed by atoms with van der Waals surface area (Å²) in [4.78, 5) is 0. The van der Waals surface area contributed by atoms with Gasteiger partial charge in [-0.05, 0) is 37.9 Å². The van der Waals surface area contributed by atoms with Crippen LogP contribution in [-0.4, -0.2) is 12.2 Å². The first-order valence-electron chi connectivity index (χ1n) is 4.98. The highest BCUT2D eigenvalue weighted by Crippen LogP contribution is 2.16. The molecule has 0 bridgehead atoms. The fraction of sp³-hybridized carbons (Fsp3) is 0.500. The van der Waals surface area contributed by atoms with Crippen LogP contribution >= 0.6 is 0 Å². The topological polar surface area (TPSA) is 26.0 Å². The van der Waals surface area contributed by atoms with Gasteiger partial charge in [0.05, 0.1) is 0 Å². The van der Waals surface area contributed by atoms with E-state index >= 15 is 0 Å². The Morgan fingerprint density at radius 2 is 1.64 bits per heavy atom. The lowest BCUT2D eigenvalue weighted by atomic mass is 9.99. The van der Waals surface area contributed by atoms with Crippen molar-refractivity contribution in [2.24, 2.45) is 5.73 Å². The van der Waals surface area contributed by atoms with Gasteiger partial charge in [-0.2, -0.15) is 0 Å². The highest BCUT2D eigenvalue weighted by Gasteiger charge is 2.15. The second kappa shape index (κ2) is 4.56. The largest absolute Gasteiger partial charge is 0.330 e. The molecule has 78 valence electrons. The molecule has 2 N–H and O–H groups in total. The van der Waals surface area contributed by atoms with E-state index in [2.05, 4.69) is 0 Å². The van der Waals surface area contributed by atoms with E-state index in [0.717, 1.165) is 12.0 Å². The Balaban J connectivity index is 2.64. The summed E-state index contributed by atoms with van der Waals surface area (Å²) in [5.74, 6) is 0. The van der Waals surface area contributed by atoms with Crippen molar-refractivity contribution in [2.45, 2.75) is 32.4 Å². The van der Waals surface area contributed by atoms with Crippen molar-refractivity contribution in [1.29, 1.82) is 0 Å². The molecule has 0 saturated carbocycles. The highest BCUT2D eigenvalue weighted by atomic mass is 19.1. The van der Waals surface area contributed by atoms with Gasteiger partial charge in [-0.3, -0.25) is 0 Å². The second-order valence-corrected chi connectivity index (χ2v) is 4.25. The molecule has 0 aliphatic carbocycles. The molecular formula is C12H18FN. The molecule has 1 aromatic rings. The maximum Gasteiger partial charge on any atom is 0.109 e. The number of halogens is 1. The molecule has 0 aliphatic heterocycles.